The summed E-state index contributed by atoms with van der Waals surface area (Å²) in [5.74, 6) is -1.10. The van der Waals surface area contributed by atoms with E-state index in [1.54, 1.807) is 12.1 Å². The molecule has 6 N–H and O–H groups in total. The van der Waals surface area contributed by atoms with Gasteiger partial charge in [-0.3, -0.25) is 0 Å². The fourth-order valence-corrected chi connectivity index (χ4v) is 1.19. The number of rotatable bonds is 3. The molecule has 1 rings (SSSR count). The second-order valence-electron chi connectivity index (χ2n) is 2.90. The summed E-state index contributed by atoms with van der Waals surface area (Å²) in [6.45, 7) is -0.271. The molecule has 76 valence electrons. The number of carboxylic acid groups (broad SMARTS) is 1. The second-order valence-corrected chi connectivity index (χ2v) is 2.90. The SMILES string of the molecule is Nc1c(C(=O)O)cccc1[C@H](N)CO. The average Bonchev–Trinajstić information content (AvgIpc) is 2.16. The van der Waals surface area contributed by atoms with Crippen molar-refractivity contribution in [3.05, 3.63) is 29.3 Å². The number of benzene rings is 1. The molecule has 14 heavy (non-hydrogen) atoms. The van der Waals surface area contributed by atoms with E-state index in [2.05, 4.69) is 0 Å². The maximum Gasteiger partial charge on any atom is 0.337 e. The van der Waals surface area contributed by atoms with Crippen LogP contribution in [0.3, 0.4) is 0 Å². The lowest BCUT2D eigenvalue weighted by atomic mass is 10.0. The van der Waals surface area contributed by atoms with Crippen molar-refractivity contribution in [1.29, 1.82) is 0 Å². The number of aromatic carboxylic acids is 1. The summed E-state index contributed by atoms with van der Waals surface area (Å²) >= 11 is 0. The molecule has 0 aromatic heterocycles. The smallest absolute Gasteiger partial charge is 0.337 e. The minimum atomic E-state index is -1.10. The van der Waals surface area contributed by atoms with E-state index < -0.39 is 12.0 Å². The number of nitrogens with two attached hydrogens (primary N) is 2. The Labute approximate surface area is 81.0 Å². The number of hydrogen-bond acceptors (Lipinski definition) is 4. The minimum absolute atomic E-state index is 0.00593. The number of aliphatic hydroxyl groups excluding tert-OH is 1. The number of carbonyl (C=O) groups is 1. The topological polar surface area (TPSA) is 110 Å². The summed E-state index contributed by atoms with van der Waals surface area (Å²) in [6, 6.07) is 3.90. The van der Waals surface area contributed by atoms with Crippen molar-refractivity contribution in [2.75, 3.05) is 12.3 Å². The van der Waals surface area contributed by atoms with Gasteiger partial charge in [0.05, 0.1) is 23.9 Å². The highest BCUT2D eigenvalue weighted by molar-refractivity contribution is 5.94. The third kappa shape index (κ3) is 1.84. The Morgan fingerprint density at radius 3 is 2.64 bits per heavy atom. The van der Waals surface area contributed by atoms with Gasteiger partial charge in [-0.05, 0) is 11.6 Å². The molecule has 0 aliphatic carbocycles. The Kier molecular flexibility index (Phi) is 3.06. The maximum atomic E-state index is 10.7. The maximum absolute atomic E-state index is 10.7. The number of anilines is 1. The lowest BCUT2D eigenvalue weighted by Gasteiger charge is -2.12. The molecule has 0 spiro atoms. The molecule has 0 aliphatic rings. The Bertz CT molecular complexity index is 352. The van der Waals surface area contributed by atoms with Gasteiger partial charge in [0, 0.05) is 0 Å². The molecule has 1 aromatic rings. The van der Waals surface area contributed by atoms with Crippen LogP contribution >= 0.6 is 0 Å². The zero-order valence-electron chi connectivity index (χ0n) is 7.47. The van der Waals surface area contributed by atoms with Crippen molar-refractivity contribution in [2.24, 2.45) is 5.73 Å². The van der Waals surface area contributed by atoms with Crippen LogP contribution in [0.25, 0.3) is 0 Å². The van der Waals surface area contributed by atoms with Crippen LogP contribution in [0, 0.1) is 0 Å². The number of nitrogen functional groups attached to an aromatic ring is 1. The standard InChI is InChI=1S/C9H12N2O3/c10-7(4-12)5-2-1-3-6(8(5)11)9(13)14/h1-3,7,12H,4,10-11H2,(H,13,14)/t7-/m1/s1. The van der Waals surface area contributed by atoms with Gasteiger partial charge in [-0.2, -0.15) is 0 Å². The van der Waals surface area contributed by atoms with E-state index in [1.807, 2.05) is 0 Å². The van der Waals surface area contributed by atoms with Crippen LogP contribution in [0.2, 0.25) is 0 Å². The van der Waals surface area contributed by atoms with Gasteiger partial charge < -0.3 is 21.7 Å². The lowest BCUT2D eigenvalue weighted by Crippen LogP contribution is -2.17. The average molecular weight is 196 g/mol. The predicted molar refractivity (Wildman–Crippen MR) is 51.8 cm³/mol. The second kappa shape index (κ2) is 4.08. The zero-order chi connectivity index (χ0) is 10.7. The molecule has 0 aliphatic heterocycles. The first-order chi connectivity index (χ1) is 6.57. The van der Waals surface area contributed by atoms with Gasteiger partial charge in [0.2, 0.25) is 0 Å². The van der Waals surface area contributed by atoms with Gasteiger partial charge >= 0.3 is 5.97 Å². The highest BCUT2D eigenvalue weighted by atomic mass is 16.4. The molecular weight excluding hydrogens is 184 g/mol. The van der Waals surface area contributed by atoms with Crippen molar-refractivity contribution in [1.82, 2.24) is 0 Å². The van der Waals surface area contributed by atoms with E-state index in [0.717, 1.165) is 0 Å². The van der Waals surface area contributed by atoms with Gasteiger partial charge in [0.25, 0.3) is 0 Å². The zero-order valence-corrected chi connectivity index (χ0v) is 7.47. The van der Waals surface area contributed by atoms with Crippen LogP contribution in [0.4, 0.5) is 5.69 Å². The molecule has 0 saturated heterocycles. The van der Waals surface area contributed by atoms with E-state index in [-0.39, 0.29) is 17.9 Å². The highest BCUT2D eigenvalue weighted by Crippen LogP contribution is 2.22. The molecular formula is C9H12N2O3. The largest absolute Gasteiger partial charge is 0.478 e. The Balaban J connectivity index is 3.20. The van der Waals surface area contributed by atoms with Crippen molar-refractivity contribution >= 4 is 11.7 Å². The first-order valence-electron chi connectivity index (χ1n) is 4.06. The first kappa shape index (κ1) is 10.5. The van der Waals surface area contributed by atoms with E-state index >= 15 is 0 Å². The number of aliphatic hydroxyl groups is 1. The summed E-state index contributed by atoms with van der Waals surface area (Å²) in [5, 5.41) is 17.6. The molecule has 0 amide bonds. The predicted octanol–water partition coefficient (Wildman–Crippen LogP) is -0.0409. The summed E-state index contributed by atoms with van der Waals surface area (Å²) in [5.41, 5.74) is 11.7. The molecule has 0 unspecified atom stereocenters. The molecule has 5 heteroatoms. The van der Waals surface area contributed by atoms with E-state index in [9.17, 15) is 4.79 Å². The Hall–Kier alpha value is -1.59. The Morgan fingerprint density at radius 2 is 2.14 bits per heavy atom. The van der Waals surface area contributed by atoms with Gasteiger partial charge in [0.1, 0.15) is 0 Å². The number of carboxylic acids is 1. The minimum Gasteiger partial charge on any atom is -0.478 e. The normalized spacial score (nSPS) is 12.4. The van der Waals surface area contributed by atoms with Crippen LogP contribution in [-0.2, 0) is 0 Å². The Morgan fingerprint density at radius 1 is 1.50 bits per heavy atom. The first-order valence-corrected chi connectivity index (χ1v) is 4.06. The molecule has 0 saturated carbocycles. The molecule has 1 atom stereocenters. The molecule has 5 nitrogen and oxygen atoms in total. The van der Waals surface area contributed by atoms with Crippen LogP contribution < -0.4 is 11.5 Å². The third-order valence-corrected chi connectivity index (χ3v) is 1.97. The highest BCUT2D eigenvalue weighted by Gasteiger charge is 2.14. The summed E-state index contributed by atoms with van der Waals surface area (Å²) in [7, 11) is 0. The molecule has 0 heterocycles. The van der Waals surface area contributed by atoms with Crippen molar-refractivity contribution in [3.63, 3.8) is 0 Å². The number of para-hydroxylation sites is 1. The number of hydrogen-bond donors (Lipinski definition) is 4. The monoisotopic (exact) mass is 196 g/mol. The van der Waals surface area contributed by atoms with Gasteiger partial charge in [0.15, 0.2) is 0 Å². The van der Waals surface area contributed by atoms with Gasteiger partial charge in [-0.15, -0.1) is 0 Å². The fraction of sp³-hybridized carbons (Fsp3) is 0.222. The summed E-state index contributed by atoms with van der Waals surface area (Å²) in [6.07, 6.45) is 0. The van der Waals surface area contributed by atoms with E-state index in [0.29, 0.717) is 5.56 Å². The summed E-state index contributed by atoms with van der Waals surface area (Å²) in [4.78, 5) is 10.7. The van der Waals surface area contributed by atoms with E-state index in [1.165, 1.54) is 6.07 Å². The van der Waals surface area contributed by atoms with Crippen LogP contribution in [0.1, 0.15) is 22.0 Å². The van der Waals surface area contributed by atoms with Crippen molar-refractivity contribution < 1.29 is 15.0 Å². The molecule has 1 aromatic carbocycles. The third-order valence-electron chi connectivity index (χ3n) is 1.97. The molecule has 0 fully saturated rings. The van der Waals surface area contributed by atoms with Crippen LogP contribution in [0.15, 0.2) is 18.2 Å². The lowest BCUT2D eigenvalue weighted by molar-refractivity contribution is 0.0698. The van der Waals surface area contributed by atoms with Gasteiger partial charge in [-0.1, -0.05) is 12.1 Å². The summed E-state index contributed by atoms with van der Waals surface area (Å²) < 4.78 is 0. The van der Waals surface area contributed by atoms with E-state index in [4.69, 9.17) is 21.7 Å². The quantitative estimate of drug-likeness (QED) is 0.507. The van der Waals surface area contributed by atoms with Crippen LogP contribution in [-0.4, -0.2) is 22.8 Å². The van der Waals surface area contributed by atoms with Gasteiger partial charge in [-0.25, -0.2) is 4.79 Å². The van der Waals surface area contributed by atoms with Crippen molar-refractivity contribution in [2.45, 2.75) is 6.04 Å². The van der Waals surface area contributed by atoms with Crippen molar-refractivity contribution in [3.8, 4) is 0 Å². The van der Waals surface area contributed by atoms with Crippen LogP contribution in [0.5, 0.6) is 0 Å². The molecule has 0 bridgehead atoms. The fourth-order valence-electron chi connectivity index (χ4n) is 1.19. The molecule has 0 radical (unpaired) electrons.